The number of carbonyl (C=O) groups excluding carboxylic acids is 2. The second-order valence-corrected chi connectivity index (χ2v) is 6.35. The lowest BCUT2D eigenvalue weighted by molar-refractivity contribution is -0.148. The van der Waals surface area contributed by atoms with E-state index in [-0.39, 0.29) is 12.4 Å². The van der Waals surface area contributed by atoms with Gasteiger partial charge in [-0.2, -0.15) is 0 Å². The van der Waals surface area contributed by atoms with Crippen LogP contribution in [0.1, 0.15) is 0 Å². The molecule has 0 aliphatic carbocycles. The standard InChI is InChI=1S/C19H17NO5S/c21-18(13-25-19(22)16-12-23-10-11-24-16)20-15-8-4-5-9-17(15)26-14-6-2-1-3-7-14/h1-9,12H,10-11,13H2,(H,20,21). The first-order valence-corrected chi connectivity index (χ1v) is 8.77. The van der Waals surface area contributed by atoms with Gasteiger partial charge in [-0.3, -0.25) is 4.79 Å². The Balaban J connectivity index is 1.57. The first-order valence-electron chi connectivity index (χ1n) is 7.96. The molecule has 3 rings (SSSR count). The summed E-state index contributed by atoms with van der Waals surface area (Å²) in [4.78, 5) is 25.8. The highest BCUT2D eigenvalue weighted by Gasteiger charge is 2.18. The van der Waals surface area contributed by atoms with Gasteiger partial charge in [0.05, 0.1) is 5.69 Å². The van der Waals surface area contributed by atoms with Crippen LogP contribution in [0.2, 0.25) is 0 Å². The molecule has 1 amide bonds. The summed E-state index contributed by atoms with van der Waals surface area (Å²) >= 11 is 1.54. The first kappa shape index (κ1) is 17.9. The second kappa shape index (κ2) is 8.96. The van der Waals surface area contributed by atoms with Crippen molar-refractivity contribution in [3.05, 3.63) is 66.6 Å². The van der Waals surface area contributed by atoms with Crippen molar-refractivity contribution in [3.8, 4) is 0 Å². The number of para-hydroxylation sites is 1. The molecule has 0 spiro atoms. The molecule has 0 bridgehead atoms. The minimum absolute atomic E-state index is 0.0379. The third-order valence-corrected chi connectivity index (χ3v) is 4.40. The largest absolute Gasteiger partial charge is 0.493 e. The third-order valence-electron chi connectivity index (χ3n) is 3.32. The molecule has 134 valence electrons. The van der Waals surface area contributed by atoms with Crippen LogP contribution in [-0.2, 0) is 23.8 Å². The molecule has 1 aliphatic heterocycles. The topological polar surface area (TPSA) is 73.9 Å². The molecule has 0 saturated carbocycles. The lowest BCUT2D eigenvalue weighted by Gasteiger charge is -2.14. The number of hydrogen-bond acceptors (Lipinski definition) is 6. The molecule has 2 aromatic carbocycles. The summed E-state index contributed by atoms with van der Waals surface area (Å²) in [6, 6.07) is 17.3. The van der Waals surface area contributed by atoms with Crippen LogP contribution in [0.3, 0.4) is 0 Å². The molecule has 0 saturated heterocycles. The summed E-state index contributed by atoms with van der Waals surface area (Å²) in [5.74, 6) is -1.20. The van der Waals surface area contributed by atoms with Gasteiger partial charge >= 0.3 is 5.97 Å². The summed E-state index contributed by atoms with van der Waals surface area (Å²) < 4.78 is 15.0. The number of carbonyl (C=O) groups is 2. The van der Waals surface area contributed by atoms with E-state index < -0.39 is 18.5 Å². The highest BCUT2D eigenvalue weighted by atomic mass is 32.2. The zero-order valence-electron chi connectivity index (χ0n) is 13.8. The molecule has 0 atom stereocenters. The zero-order valence-corrected chi connectivity index (χ0v) is 14.7. The van der Waals surface area contributed by atoms with Crippen LogP contribution >= 0.6 is 11.8 Å². The van der Waals surface area contributed by atoms with Gasteiger partial charge in [0.2, 0.25) is 5.76 Å². The monoisotopic (exact) mass is 371 g/mol. The molecule has 6 nitrogen and oxygen atoms in total. The van der Waals surface area contributed by atoms with Crippen molar-refractivity contribution < 1.29 is 23.8 Å². The number of anilines is 1. The van der Waals surface area contributed by atoms with Crippen LogP contribution in [0.4, 0.5) is 5.69 Å². The minimum atomic E-state index is -0.730. The molecular weight excluding hydrogens is 354 g/mol. The summed E-state index contributed by atoms with van der Waals surface area (Å²) in [7, 11) is 0. The molecule has 26 heavy (non-hydrogen) atoms. The van der Waals surface area contributed by atoms with Crippen LogP contribution in [0, 0.1) is 0 Å². The zero-order chi connectivity index (χ0) is 18.2. The Morgan fingerprint density at radius 2 is 1.81 bits per heavy atom. The number of esters is 1. The number of benzene rings is 2. The molecule has 1 aliphatic rings. The van der Waals surface area contributed by atoms with E-state index in [9.17, 15) is 9.59 Å². The van der Waals surface area contributed by atoms with Gasteiger partial charge in [-0.25, -0.2) is 4.79 Å². The Kier molecular flexibility index (Phi) is 6.16. The molecule has 1 N–H and O–H groups in total. The summed E-state index contributed by atoms with van der Waals surface area (Å²) in [5, 5.41) is 2.76. The van der Waals surface area contributed by atoms with Crippen molar-refractivity contribution in [1.82, 2.24) is 0 Å². The molecular formula is C19H17NO5S. The maximum absolute atomic E-state index is 12.1. The number of rotatable bonds is 6. The van der Waals surface area contributed by atoms with Gasteiger partial charge in [0.1, 0.15) is 19.5 Å². The van der Waals surface area contributed by atoms with E-state index in [0.717, 1.165) is 9.79 Å². The lowest BCUT2D eigenvalue weighted by atomic mass is 10.3. The van der Waals surface area contributed by atoms with E-state index in [1.165, 1.54) is 18.0 Å². The SMILES string of the molecule is O=C(COC(=O)C1=COCCO1)Nc1ccccc1Sc1ccccc1. The van der Waals surface area contributed by atoms with E-state index in [1.807, 2.05) is 48.5 Å². The average molecular weight is 371 g/mol. The molecule has 0 radical (unpaired) electrons. The van der Waals surface area contributed by atoms with E-state index in [4.69, 9.17) is 14.2 Å². The van der Waals surface area contributed by atoms with Gasteiger partial charge in [0.15, 0.2) is 6.61 Å². The van der Waals surface area contributed by atoms with Crippen molar-refractivity contribution in [1.29, 1.82) is 0 Å². The Hall–Kier alpha value is -2.93. The van der Waals surface area contributed by atoms with Crippen LogP contribution in [0.25, 0.3) is 0 Å². The highest BCUT2D eigenvalue weighted by Crippen LogP contribution is 2.33. The summed E-state index contributed by atoms with van der Waals surface area (Å²) in [6.45, 7) is 0.244. The van der Waals surface area contributed by atoms with E-state index in [2.05, 4.69) is 5.32 Å². The van der Waals surface area contributed by atoms with Gasteiger partial charge in [0.25, 0.3) is 5.91 Å². The Morgan fingerprint density at radius 1 is 1.04 bits per heavy atom. The van der Waals surface area contributed by atoms with Crippen molar-refractivity contribution >= 4 is 29.3 Å². The molecule has 0 unspecified atom stereocenters. The second-order valence-electron chi connectivity index (χ2n) is 5.24. The maximum atomic E-state index is 12.1. The van der Waals surface area contributed by atoms with Gasteiger partial charge < -0.3 is 19.5 Å². The lowest BCUT2D eigenvalue weighted by Crippen LogP contribution is -2.24. The Labute approximate surface area is 155 Å². The molecule has 1 heterocycles. The molecule has 7 heteroatoms. The van der Waals surface area contributed by atoms with E-state index in [1.54, 1.807) is 6.07 Å². The van der Waals surface area contributed by atoms with Gasteiger partial charge in [-0.05, 0) is 24.3 Å². The summed E-state index contributed by atoms with van der Waals surface area (Å²) in [5.41, 5.74) is 0.652. The fraction of sp³-hybridized carbons (Fsp3) is 0.158. The quantitative estimate of drug-likeness (QED) is 0.786. The minimum Gasteiger partial charge on any atom is -0.493 e. The number of amides is 1. The third kappa shape index (κ3) is 5.03. The van der Waals surface area contributed by atoms with Crippen LogP contribution in [0.15, 0.2) is 76.4 Å². The van der Waals surface area contributed by atoms with Crippen molar-refractivity contribution in [2.75, 3.05) is 25.1 Å². The predicted octanol–water partition coefficient (Wildman–Crippen LogP) is 3.21. The van der Waals surface area contributed by atoms with Crippen molar-refractivity contribution in [2.45, 2.75) is 9.79 Å². The van der Waals surface area contributed by atoms with Crippen LogP contribution in [0.5, 0.6) is 0 Å². The number of ether oxygens (including phenoxy) is 3. The Bertz CT molecular complexity index is 807. The van der Waals surface area contributed by atoms with Crippen molar-refractivity contribution in [3.63, 3.8) is 0 Å². The van der Waals surface area contributed by atoms with E-state index in [0.29, 0.717) is 12.3 Å². The smallest absolute Gasteiger partial charge is 0.377 e. The van der Waals surface area contributed by atoms with E-state index >= 15 is 0 Å². The van der Waals surface area contributed by atoms with Gasteiger partial charge in [-0.15, -0.1) is 0 Å². The van der Waals surface area contributed by atoms with Crippen molar-refractivity contribution in [2.24, 2.45) is 0 Å². The normalized spacial score (nSPS) is 13.0. The van der Waals surface area contributed by atoms with Gasteiger partial charge in [-0.1, -0.05) is 42.1 Å². The number of hydrogen-bond donors (Lipinski definition) is 1. The maximum Gasteiger partial charge on any atom is 0.377 e. The fourth-order valence-corrected chi connectivity index (χ4v) is 3.06. The predicted molar refractivity (Wildman–Crippen MR) is 96.6 cm³/mol. The highest BCUT2D eigenvalue weighted by molar-refractivity contribution is 7.99. The fourth-order valence-electron chi connectivity index (χ4n) is 2.14. The molecule has 0 fully saturated rings. The number of nitrogens with one attached hydrogen (secondary N) is 1. The van der Waals surface area contributed by atoms with Crippen LogP contribution < -0.4 is 5.32 Å². The van der Waals surface area contributed by atoms with Crippen LogP contribution in [-0.4, -0.2) is 31.7 Å². The average Bonchev–Trinajstić information content (AvgIpc) is 2.69. The van der Waals surface area contributed by atoms with Gasteiger partial charge in [0, 0.05) is 9.79 Å². The molecule has 2 aromatic rings. The summed E-state index contributed by atoms with van der Waals surface area (Å²) in [6.07, 6.45) is 1.19. The Morgan fingerprint density at radius 3 is 2.58 bits per heavy atom. The molecule has 0 aromatic heterocycles. The first-order chi connectivity index (χ1) is 12.7.